The minimum atomic E-state index is -1.27. The Morgan fingerprint density at radius 2 is 1.03 bits per heavy atom. The van der Waals surface area contributed by atoms with E-state index < -0.39 is 11.9 Å². The summed E-state index contributed by atoms with van der Waals surface area (Å²) in [5, 5.41) is 23.7. The van der Waals surface area contributed by atoms with E-state index in [0.717, 1.165) is 27.1 Å². The zero-order valence-electron chi connectivity index (χ0n) is 16.9. The summed E-state index contributed by atoms with van der Waals surface area (Å²) < 4.78 is 0. The summed E-state index contributed by atoms with van der Waals surface area (Å²) in [5.41, 5.74) is 2.19. The standard InChI is InChI=1S/C28H18O4/c29-27(30)24-16-15-23(21-13-5-9-17-7-1-3-11-19(17)21)25(26(24)28(31)32)22-14-6-10-18-8-2-4-12-20(18)22/h1-16H,(H,29,30)(H,31,32). The number of carbonyl (C=O) groups is 2. The van der Waals surface area contributed by atoms with Gasteiger partial charge in [0.15, 0.2) is 0 Å². The molecule has 154 valence electrons. The first-order valence-electron chi connectivity index (χ1n) is 10.2. The van der Waals surface area contributed by atoms with Crippen molar-refractivity contribution in [3.63, 3.8) is 0 Å². The van der Waals surface area contributed by atoms with Crippen LogP contribution in [0.1, 0.15) is 20.7 Å². The maximum Gasteiger partial charge on any atom is 0.337 e. The third-order valence-electron chi connectivity index (χ3n) is 5.79. The average Bonchev–Trinajstić information content (AvgIpc) is 2.82. The molecular formula is C28H18O4. The molecule has 0 unspecified atom stereocenters. The van der Waals surface area contributed by atoms with Gasteiger partial charge in [0.25, 0.3) is 0 Å². The molecule has 0 aliphatic carbocycles. The molecule has 5 aromatic carbocycles. The van der Waals surface area contributed by atoms with Crippen molar-refractivity contribution in [1.29, 1.82) is 0 Å². The molecule has 0 aromatic heterocycles. The maximum atomic E-state index is 12.4. The van der Waals surface area contributed by atoms with Crippen LogP contribution < -0.4 is 0 Å². The first-order valence-corrected chi connectivity index (χ1v) is 10.2. The Balaban J connectivity index is 1.98. The molecule has 0 amide bonds. The van der Waals surface area contributed by atoms with Crippen molar-refractivity contribution < 1.29 is 19.8 Å². The molecule has 0 radical (unpaired) electrons. The normalized spacial score (nSPS) is 11.0. The van der Waals surface area contributed by atoms with Crippen molar-refractivity contribution in [1.82, 2.24) is 0 Å². The average molecular weight is 418 g/mol. The molecule has 0 saturated heterocycles. The lowest BCUT2D eigenvalue weighted by atomic mass is 9.84. The maximum absolute atomic E-state index is 12.4. The summed E-state index contributed by atoms with van der Waals surface area (Å²) in [7, 11) is 0. The minimum absolute atomic E-state index is 0.209. The molecular weight excluding hydrogens is 400 g/mol. The number of carboxylic acids is 2. The highest BCUT2D eigenvalue weighted by Crippen LogP contribution is 2.42. The third kappa shape index (κ3) is 3.10. The Kier molecular flexibility index (Phi) is 4.68. The van der Waals surface area contributed by atoms with E-state index >= 15 is 0 Å². The molecule has 5 rings (SSSR count). The van der Waals surface area contributed by atoms with Crippen LogP contribution in [0.4, 0.5) is 0 Å². The SMILES string of the molecule is O=C(O)c1ccc(-c2cccc3ccccc23)c(-c2cccc3ccccc23)c1C(=O)O. The van der Waals surface area contributed by atoms with Crippen LogP contribution in [-0.4, -0.2) is 22.2 Å². The van der Waals surface area contributed by atoms with Crippen molar-refractivity contribution in [2.45, 2.75) is 0 Å². The zero-order valence-corrected chi connectivity index (χ0v) is 16.9. The summed E-state index contributed by atoms with van der Waals surface area (Å²) in [6.45, 7) is 0. The van der Waals surface area contributed by atoms with E-state index in [1.54, 1.807) is 6.07 Å². The van der Waals surface area contributed by atoms with E-state index in [4.69, 9.17) is 0 Å². The van der Waals surface area contributed by atoms with Crippen LogP contribution in [0, 0.1) is 0 Å². The van der Waals surface area contributed by atoms with Gasteiger partial charge in [-0.2, -0.15) is 0 Å². The molecule has 4 heteroatoms. The topological polar surface area (TPSA) is 74.6 Å². The molecule has 0 saturated carbocycles. The highest BCUT2D eigenvalue weighted by Gasteiger charge is 2.26. The Labute approximate surface area is 184 Å². The van der Waals surface area contributed by atoms with Crippen LogP contribution in [-0.2, 0) is 0 Å². The van der Waals surface area contributed by atoms with Crippen molar-refractivity contribution >= 4 is 33.5 Å². The molecule has 0 aliphatic rings. The van der Waals surface area contributed by atoms with Crippen molar-refractivity contribution in [2.75, 3.05) is 0 Å². The van der Waals surface area contributed by atoms with Gasteiger partial charge in [0.05, 0.1) is 11.1 Å². The summed E-state index contributed by atoms with van der Waals surface area (Å²) >= 11 is 0. The van der Waals surface area contributed by atoms with E-state index in [1.807, 2.05) is 84.9 Å². The molecule has 0 fully saturated rings. The monoisotopic (exact) mass is 418 g/mol. The zero-order chi connectivity index (χ0) is 22.2. The number of rotatable bonds is 4. The van der Waals surface area contributed by atoms with E-state index in [-0.39, 0.29) is 11.1 Å². The van der Waals surface area contributed by atoms with Crippen LogP contribution in [0.15, 0.2) is 97.1 Å². The van der Waals surface area contributed by atoms with E-state index in [1.165, 1.54) is 6.07 Å². The van der Waals surface area contributed by atoms with E-state index in [9.17, 15) is 19.8 Å². The van der Waals surface area contributed by atoms with Gasteiger partial charge in [-0.1, -0.05) is 91.0 Å². The lowest BCUT2D eigenvalue weighted by Crippen LogP contribution is -2.11. The van der Waals surface area contributed by atoms with Crippen molar-refractivity contribution in [3.8, 4) is 22.3 Å². The number of hydrogen-bond donors (Lipinski definition) is 2. The van der Waals surface area contributed by atoms with Crippen molar-refractivity contribution in [2.24, 2.45) is 0 Å². The molecule has 2 N–H and O–H groups in total. The molecule has 0 spiro atoms. The second-order valence-corrected chi connectivity index (χ2v) is 7.57. The first-order chi connectivity index (χ1) is 15.6. The van der Waals surface area contributed by atoms with Gasteiger partial charge in [0.2, 0.25) is 0 Å². The summed E-state index contributed by atoms with van der Waals surface area (Å²) in [6, 6.07) is 30.2. The van der Waals surface area contributed by atoms with Crippen LogP contribution >= 0.6 is 0 Å². The van der Waals surface area contributed by atoms with Crippen molar-refractivity contribution in [3.05, 3.63) is 108 Å². The highest BCUT2D eigenvalue weighted by molar-refractivity contribution is 6.14. The Morgan fingerprint density at radius 1 is 0.500 bits per heavy atom. The second-order valence-electron chi connectivity index (χ2n) is 7.57. The summed E-state index contributed by atoms with van der Waals surface area (Å²) in [6.07, 6.45) is 0. The molecule has 0 atom stereocenters. The third-order valence-corrected chi connectivity index (χ3v) is 5.79. The largest absolute Gasteiger partial charge is 0.478 e. The fourth-order valence-corrected chi connectivity index (χ4v) is 4.41. The number of fused-ring (bicyclic) bond motifs is 2. The van der Waals surface area contributed by atoms with Crippen LogP contribution in [0.2, 0.25) is 0 Å². The predicted octanol–water partition coefficient (Wildman–Crippen LogP) is 6.72. The molecule has 0 heterocycles. The second kappa shape index (κ2) is 7.67. The lowest BCUT2D eigenvalue weighted by Gasteiger charge is -2.18. The fraction of sp³-hybridized carbons (Fsp3) is 0. The van der Waals surface area contributed by atoms with Gasteiger partial charge in [0, 0.05) is 5.56 Å². The van der Waals surface area contributed by atoms with Gasteiger partial charge in [-0.15, -0.1) is 0 Å². The smallest absolute Gasteiger partial charge is 0.337 e. The summed E-state index contributed by atoms with van der Waals surface area (Å²) in [5.74, 6) is -2.54. The Bertz CT molecular complexity index is 1520. The van der Waals surface area contributed by atoms with Gasteiger partial charge in [0.1, 0.15) is 0 Å². The highest BCUT2D eigenvalue weighted by atomic mass is 16.4. The number of hydrogen-bond acceptors (Lipinski definition) is 2. The van der Waals surface area contributed by atoms with Gasteiger partial charge in [-0.25, -0.2) is 9.59 Å². The molecule has 0 aliphatic heterocycles. The van der Waals surface area contributed by atoms with Gasteiger partial charge in [-0.05, 0) is 44.3 Å². The van der Waals surface area contributed by atoms with Crippen LogP contribution in [0.3, 0.4) is 0 Å². The minimum Gasteiger partial charge on any atom is -0.478 e. The number of carboxylic acid groups (broad SMARTS) is 2. The molecule has 0 bridgehead atoms. The van der Waals surface area contributed by atoms with E-state index in [2.05, 4.69) is 0 Å². The Hall–Kier alpha value is -4.44. The van der Waals surface area contributed by atoms with Crippen LogP contribution in [0.5, 0.6) is 0 Å². The predicted molar refractivity (Wildman–Crippen MR) is 126 cm³/mol. The fourth-order valence-electron chi connectivity index (χ4n) is 4.41. The number of aromatic carboxylic acids is 2. The van der Waals surface area contributed by atoms with E-state index in [0.29, 0.717) is 16.7 Å². The van der Waals surface area contributed by atoms with Crippen LogP contribution in [0.25, 0.3) is 43.8 Å². The quantitative estimate of drug-likeness (QED) is 0.340. The molecule has 5 aromatic rings. The Morgan fingerprint density at radius 3 is 1.62 bits per heavy atom. The van der Waals surface area contributed by atoms with Gasteiger partial charge >= 0.3 is 11.9 Å². The van der Waals surface area contributed by atoms with Gasteiger partial charge in [-0.3, -0.25) is 0 Å². The van der Waals surface area contributed by atoms with Gasteiger partial charge < -0.3 is 10.2 Å². The molecule has 4 nitrogen and oxygen atoms in total. The molecule has 32 heavy (non-hydrogen) atoms. The first kappa shape index (κ1) is 19.5. The summed E-state index contributed by atoms with van der Waals surface area (Å²) in [4.78, 5) is 24.4. The lowest BCUT2D eigenvalue weighted by molar-refractivity contribution is 0.0652. The number of benzene rings is 5.